The van der Waals surface area contributed by atoms with Gasteiger partial charge in [0.2, 0.25) is 0 Å². The van der Waals surface area contributed by atoms with Crippen LogP contribution in [0.15, 0.2) is 121 Å². The summed E-state index contributed by atoms with van der Waals surface area (Å²) < 4.78 is 76.7. The third-order valence-corrected chi connectivity index (χ3v) is 8.70. The second kappa shape index (κ2) is 16.5. The van der Waals surface area contributed by atoms with Crippen molar-refractivity contribution in [3.63, 3.8) is 0 Å². The molecular formula is C38H32Cl2F6Zr-2. The maximum absolute atomic E-state index is 12.7. The smallest absolute Gasteiger partial charge is 0.0771 e. The zero-order valence-corrected chi connectivity index (χ0v) is 30.0. The van der Waals surface area contributed by atoms with Crippen LogP contribution < -0.4 is 24.8 Å². The summed E-state index contributed by atoms with van der Waals surface area (Å²) >= 11 is 0.729. The number of alkyl halides is 6. The summed E-state index contributed by atoms with van der Waals surface area (Å²) in [5, 5.41) is 5.39. The van der Waals surface area contributed by atoms with E-state index in [-0.39, 0.29) is 35.9 Å². The van der Waals surface area contributed by atoms with Gasteiger partial charge in [0.25, 0.3) is 0 Å². The molecule has 0 N–H and O–H groups in total. The minimum atomic E-state index is -4.49. The molecule has 0 spiro atoms. The number of benzene rings is 4. The Labute approximate surface area is 299 Å². The third kappa shape index (κ3) is 10.8. The SMILES string of the molecule is CC1[C-]=CC(C(C)(C)C)=C1.FC(F)(F)c1cccc([C](=[Zr+2])c2cccc(C(F)(F)F)c2)c1.[Cl-].[Cl-].c1ccc2c(c1)[cH-]c1ccccc12. The number of allylic oxidation sites excluding steroid dienone is 4. The van der Waals surface area contributed by atoms with E-state index in [1.165, 1.54) is 51.4 Å². The van der Waals surface area contributed by atoms with Gasteiger partial charge in [-0.2, -0.15) is 11.6 Å². The van der Waals surface area contributed by atoms with Gasteiger partial charge in [0.05, 0.1) is 0 Å². The molecule has 0 bridgehead atoms. The molecular weight excluding hydrogens is 733 g/mol. The molecule has 1 aliphatic rings. The molecule has 9 heteroatoms. The fourth-order valence-corrected chi connectivity index (χ4v) is 5.59. The van der Waals surface area contributed by atoms with Gasteiger partial charge in [0.15, 0.2) is 0 Å². The van der Waals surface area contributed by atoms with Crippen molar-refractivity contribution in [3.8, 4) is 0 Å². The van der Waals surface area contributed by atoms with Crippen molar-refractivity contribution in [1.82, 2.24) is 0 Å². The van der Waals surface area contributed by atoms with Gasteiger partial charge in [-0.3, -0.25) is 6.08 Å². The topological polar surface area (TPSA) is 0 Å². The quantitative estimate of drug-likeness (QED) is 0.164. The van der Waals surface area contributed by atoms with Crippen molar-refractivity contribution in [2.24, 2.45) is 11.3 Å². The van der Waals surface area contributed by atoms with E-state index < -0.39 is 23.5 Å². The molecule has 6 rings (SSSR count). The minimum Gasteiger partial charge on any atom is -1.00 e. The van der Waals surface area contributed by atoms with E-state index in [4.69, 9.17) is 0 Å². The maximum Gasteiger partial charge on any atom is -0.0771 e. The van der Waals surface area contributed by atoms with Gasteiger partial charge in [-0.05, 0) is 0 Å². The van der Waals surface area contributed by atoms with Crippen molar-refractivity contribution in [2.45, 2.75) is 40.0 Å². The van der Waals surface area contributed by atoms with E-state index >= 15 is 0 Å². The summed E-state index contributed by atoms with van der Waals surface area (Å²) in [5.74, 6) is 0.522. The summed E-state index contributed by atoms with van der Waals surface area (Å²) in [6, 6.07) is 28.4. The molecule has 0 fully saturated rings. The van der Waals surface area contributed by atoms with Crippen LogP contribution in [0.4, 0.5) is 26.3 Å². The summed E-state index contributed by atoms with van der Waals surface area (Å²) in [4.78, 5) is 0. The first-order chi connectivity index (χ1) is 21.0. The van der Waals surface area contributed by atoms with Crippen LogP contribution in [0.1, 0.15) is 49.9 Å². The molecule has 246 valence electrons. The number of hydrogen-bond acceptors (Lipinski definition) is 0. The molecule has 1 atom stereocenters. The molecule has 0 saturated heterocycles. The van der Waals surface area contributed by atoms with Crippen molar-refractivity contribution in [1.29, 1.82) is 0 Å². The van der Waals surface area contributed by atoms with Crippen LogP contribution in [0.5, 0.6) is 0 Å². The van der Waals surface area contributed by atoms with E-state index in [0.29, 0.717) is 14.5 Å². The first-order valence-corrected chi connectivity index (χ1v) is 15.6. The summed E-state index contributed by atoms with van der Waals surface area (Å²) in [7, 11) is 0. The zero-order valence-electron chi connectivity index (χ0n) is 26.1. The Morgan fingerprint density at radius 3 is 1.43 bits per heavy atom. The van der Waals surface area contributed by atoms with Crippen LogP contribution in [0.25, 0.3) is 21.5 Å². The molecule has 0 heterocycles. The Morgan fingerprint density at radius 1 is 0.660 bits per heavy atom. The van der Waals surface area contributed by atoms with E-state index in [2.05, 4.69) is 101 Å². The molecule has 5 aromatic rings. The predicted molar refractivity (Wildman–Crippen MR) is 168 cm³/mol. The van der Waals surface area contributed by atoms with Gasteiger partial charge >= 0.3 is 137 Å². The van der Waals surface area contributed by atoms with Gasteiger partial charge < -0.3 is 24.8 Å². The molecule has 0 aliphatic heterocycles. The molecule has 0 radical (unpaired) electrons. The number of fused-ring (bicyclic) bond motifs is 3. The molecule has 0 amide bonds. The summed E-state index contributed by atoms with van der Waals surface area (Å²) in [6.45, 7) is 8.86. The first kappa shape index (κ1) is 40.3. The van der Waals surface area contributed by atoms with Gasteiger partial charge in [-0.15, -0.1) is 39.7 Å². The Hall–Kier alpha value is -2.86. The molecule has 0 nitrogen and oxygen atoms in total. The molecule has 5 aromatic carbocycles. The van der Waals surface area contributed by atoms with Gasteiger partial charge in [-0.1, -0.05) is 75.4 Å². The van der Waals surface area contributed by atoms with Gasteiger partial charge in [0, 0.05) is 0 Å². The number of rotatable bonds is 2. The minimum absolute atomic E-state index is 0. The second-order valence-electron chi connectivity index (χ2n) is 11.8. The van der Waals surface area contributed by atoms with Crippen LogP contribution >= 0.6 is 0 Å². The van der Waals surface area contributed by atoms with E-state index in [1.54, 1.807) is 0 Å². The van der Waals surface area contributed by atoms with Crippen LogP contribution in [0.3, 0.4) is 0 Å². The van der Waals surface area contributed by atoms with E-state index in [1.807, 2.05) is 0 Å². The monoisotopic (exact) mass is 762 g/mol. The fraction of sp³-hybridized carbons (Fsp3) is 0.211. The number of halogens is 8. The molecule has 1 unspecified atom stereocenters. The Morgan fingerprint density at radius 2 is 1.09 bits per heavy atom. The average molecular weight is 765 g/mol. The van der Waals surface area contributed by atoms with Crippen LogP contribution in [-0.2, 0) is 36.6 Å². The van der Waals surface area contributed by atoms with Crippen LogP contribution in [0.2, 0.25) is 0 Å². The van der Waals surface area contributed by atoms with Crippen molar-refractivity contribution < 1.29 is 75.4 Å². The molecule has 0 aromatic heterocycles. The van der Waals surface area contributed by atoms with Crippen molar-refractivity contribution in [3.05, 3.63) is 149 Å². The molecule has 0 saturated carbocycles. The van der Waals surface area contributed by atoms with Crippen LogP contribution in [-0.4, -0.2) is 3.21 Å². The normalized spacial score (nSPS) is 14.2. The standard InChI is InChI=1S/C15H8F6.C13H9.C10H15.2ClH.Zr/c16-14(17,18)12-5-1-3-10(8-12)7-11-4-2-6-13(9-11)15(19,20)21;1-3-7-12-10(5-1)9-11-6-2-4-8-13(11)12;1-8-5-6-9(7-8)10(2,3)4;;;/h1-6,8-9H;1-9H;6-8H,1-4H3;2*1H;/q;2*-1;;;+2/p-2. The van der Waals surface area contributed by atoms with Crippen molar-refractivity contribution in [2.75, 3.05) is 0 Å². The zero-order chi connectivity index (χ0) is 33.0. The largest absolute Gasteiger partial charge is 1.00 e. The fourth-order valence-electron chi connectivity index (χ4n) is 4.83. The molecule has 1 aliphatic carbocycles. The van der Waals surface area contributed by atoms with Crippen LogP contribution in [0, 0.1) is 17.4 Å². The molecule has 47 heavy (non-hydrogen) atoms. The Kier molecular flexibility index (Phi) is 14.2. The Bertz CT molecular complexity index is 1750. The summed E-state index contributed by atoms with van der Waals surface area (Å²) in [5.41, 5.74) is 0.617. The third-order valence-electron chi connectivity index (χ3n) is 7.28. The predicted octanol–water partition coefficient (Wildman–Crippen LogP) is 5.53. The number of hydrogen-bond donors (Lipinski definition) is 0. The van der Waals surface area contributed by atoms with Gasteiger partial charge in [0.1, 0.15) is 0 Å². The first-order valence-electron chi connectivity index (χ1n) is 14.3. The summed E-state index contributed by atoms with van der Waals surface area (Å²) in [6.07, 6.45) is -1.32. The van der Waals surface area contributed by atoms with E-state index in [9.17, 15) is 26.3 Å². The van der Waals surface area contributed by atoms with Crippen molar-refractivity contribution >= 4 is 24.8 Å². The maximum atomic E-state index is 12.7. The van der Waals surface area contributed by atoms with E-state index in [0.717, 1.165) is 48.5 Å². The Balaban J connectivity index is 0.000000261. The average Bonchev–Trinajstić information content (AvgIpc) is 3.61. The van der Waals surface area contributed by atoms with Gasteiger partial charge in [-0.25, -0.2) is 6.08 Å². The second-order valence-corrected chi connectivity index (χ2v) is 13.1.